The van der Waals surface area contributed by atoms with Gasteiger partial charge in [0.2, 0.25) is 0 Å². The number of anilines is 1. The Morgan fingerprint density at radius 2 is 1.83 bits per heavy atom. The summed E-state index contributed by atoms with van der Waals surface area (Å²) in [6.45, 7) is 5.65. The van der Waals surface area contributed by atoms with E-state index in [-0.39, 0.29) is 11.5 Å². The monoisotopic (exact) mass is 404 g/mol. The number of aromatic nitrogens is 1. The molecule has 0 unspecified atom stereocenters. The summed E-state index contributed by atoms with van der Waals surface area (Å²) in [7, 11) is 0. The van der Waals surface area contributed by atoms with E-state index in [9.17, 15) is 9.59 Å². The molecule has 0 radical (unpaired) electrons. The normalized spacial score (nSPS) is 10.5. The molecule has 1 N–H and O–H groups in total. The average Bonchev–Trinajstić information content (AvgIpc) is 2.74. The van der Waals surface area contributed by atoms with Gasteiger partial charge in [-0.25, -0.2) is 4.79 Å². The molecule has 3 rings (SSSR count). The highest BCUT2D eigenvalue weighted by atomic mass is 16.5. The molecule has 30 heavy (non-hydrogen) atoms. The van der Waals surface area contributed by atoms with Gasteiger partial charge in [-0.15, -0.1) is 0 Å². The lowest BCUT2D eigenvalue weighted by atomic mass is 9.98. The highest BCUT2D eigenvalue weighted by Gasteiger charge is 2.17. The second-order valence-electron chi connectivity index (χ2n) is 7.11. The van der Waals surface area contributed by atoms with Crippen molar-refractivity contribution >= 4 is 17.6 Å². The number of rotatable bonds is 7. The van der Waals surface area contributed by atoms with Crippen LogP contribution >= 0.6 is 0 Å². The van der Waals surface area contributed by atoms with Crippen molar-refractivity contribution in [1.82, 2.24) is 4.98 Å². The van der Waals surface area contributed by atoms with Crippen molar-refractivity contribution in [2.75, 3.05) is 11.9 Å². The molecule has 0 spiro atoms. The Labute approximate surface area is 175 Å². The van der Waals surface area contributed by atoms with Crippen LogP contribution in [0.25, 0.3) is 0 Å². The molecule has 0 aliphatic rings. The van der Waals surface area contributed by atoms with Crippen molar-refractivity contribution < 1.29 is 19.1 Å². The molecular weight excluding hydrogens is 380 g/mol. The van der Waals surface area contributed by atoms with E-state index in [2.05, 4.69) is 24.1 Å². The van der Waals surface area contributed by atoms with E-state index >= 15 is 0 Å². The number of aryl methyl sites for hydroxylation is 1. The van der Waals surface area contributed by atoms with Gasteiger partial charge in [0, 0.05) is 11.9 Å². The number of carbonyl (C=O) groups excluding carboxylic acids is 2. The first kappa shape index (κ1) is 21.0. The maximum Gasteiger partial charge on any atom is 0.342 e. The van der Waals surface area contributed by atoms with E-state index in [1.54, 1.807) is 48.8 Å². The van der Waals surface area contributed by atoms with Crippen LogP contribution in [-0.4, -0.2) is 23.5 Å². The van der Waals surface area contributed by atoms with Crippen LogP contribution in [-0.2, 0) is 9.53 Å². The number of benzene rings is 2. The summed E-state index contributed by atoms with van der Waals surface area (Å²) in [6, 6.07) is 16.0. The number of carbonyl (C=O) groups is 2. The molecule has 2 aromatic carbocycles. The van der Waals surface area contributed by atoms with Crippen molar-refractivity contribution in [1.29, 1.82) is 0 Å². The maximum atomic E-state index is 12.6. The highest BCUT2D eigenvalue weighted by molar-refractivity contribution is 5.97. The van der Waals surface area contributed by atoms with E-state index in [4.69, 9.17) is 9.47 Å². The molecular formula is C24H24N2O4. The molecule has 3 aromatic rings. The molecule has 0 bridgehead atoms. The van der Waals surface area contributed by atoms with Gasteiger partial charge in [-0.05, 0) is 48.2 Å². The number of para-hydroxylation sites is 2. The molecule has 6 nitrogen and oxygen atoms in total. The topological polar surface area (TPSA) is 77.5 Å². The summed E-state index contributed by atoms with van der Waals surface area (Å²) >= 11 is 0. The number of hydrogen-bond acceptors (Lipinski definition) is 5. The number of hydrogen-bond donors (Lipinski definition) is 1. The summed E-state index contributed by atoms with van der Waals surface area (Å²) in [5.74, 6) is 0.0381. The molecule has 0 saturated carbocycles. The number of amides is 1. The highest BCUT2D eigenvalue weighted by Crippen LogP contribution is 2.28. The molecule has 1 heterocycles. The lowest BCUT2D eigenvalue weighted by Crippen LogP contribution is -2.22. The van der Waals surface area contributed by atoms with E-state index in [1.807, 2.05) is 25.1 Å². The number of nitrogens with zero attached hydrogens (tertiary/aromatic N) is 1. The predicted molar refractivity (Wildman–Crippen MR) is 115 cm³/mol. The Morgan fingerprint density at radius 3 is 2.57 bits per heavy atom. The minimum atomic E-state index is -0.640. The van der Waals surface area contributed by atoms with Crippen LogP contribution in [0.4, 0.5) is 5.69 Å². The van der Waals surface area contributed by atoms with E-state index in [1.165, 1.54) is 0 Å². The van der Waals surface area contributed by atoms with Gasteiger partial charge < -0.3 is 14.8 Å². The van der Waals surface area contributed by atoms with Gasteiger partial charge in [0.1, 0.15) is 17.1 Å². The van der Waals surface area contributed by atoms with E-state index in [0.717, 1.165) is 16.8 Å². The van der Waals surface area contributed by atoms with E-state index in [0.29, 0.717) is 11.5 Å². The van der Waals surface area contributed by atoms with Crippen LogP contribution in [0.1, 0.15) is 41.3 Å². The minimum absolute atomic E-state index is 0.230. The first-order chi connectivity index (χ1) is 14.5. The van der Waals surface area contributed by atoms with Crippen LogP contribution in [0.5, 0.6) is 11.5 Å². The molecule has 0 aliphatic heterocycles. The molecule has 1 aromatic heterocycles. The fourth-order valence-electron chi connectivity index (χ4n) is 2.99. The molecule has 0 saturated heterocycles. The summed E-state index contributed by atoms with van der Waals surface area (Å²) in [5.41, 5.74) is 2.97. The standard InChI is InChI=1S/C24H24N2O4/c1-16(2)19-11-6-8-17(3)23(19)26-22(27)15-29-24(28)20-10-4-5-12-21(20)30-18-9-7-13-25-14-18/h4-14,16H,15H2,1-3H3,(H,26,27). The van der Waals surface area contributed by atoms with Crippen molar-refractivity contribution in [3.8, 4) is 11.5 Å². The van der Waals surface area contributed by atoms with Crippen LogP contribution in [0.2, 0.25) is 0 Å². The number of esters is 1. The summed E-state index contributed by atoms with van der Waals surface area (Å²) in [5, 5.41) is 2.87. The van der Waals surface area contributed by atoms with Crippen LogP contribution < -0.4 is 10.1 Å². The molecule has 154 valence electrons. The zero-order valence-electron chi connectivity index (χ0n) is 17.2. The van der Waals surface area contributed by atoms with Crippen LogP contribution in [0.3, 0.4) is 0 Å². The minimum Gasteiger partial charge on any atom is -0.455 e. The lowest BCUT2D eigenvalue weighted by molar-refractivity contribution is -0.119. The summed E-state index contributed by atoms with van der Waals surface area (Å²) in [6.07, 6.45) is 3.18. The van der Waals surface area contributed by atoms with Gasteiger partial charge in [0.15, 0.2) is 6.61 Å². The Bertz CT molecular complexity index is 1030. The molecule has 6 heteroatoms. The molecule has 0 aliphatic carbocycles. The smallest absolute Gasteiger partial charge is 0.342 e. The van der Waals surface area contributed by atoms with Crippen molar-refractivity contribution in [3.05, 3.63) is 83.7 Å². The van der Waals surface area contributed by atoms with Crippen molar-refractivity contribution in [2.24, 2.45) is 0 Å². The predicted octanol–water partition coefficient (Wildman–Crippen LogP) is 5.10. The lowest BCUT2D eigenvalue weighted by Gasteiger charge is -2.16. The second-order valence-corrected chi connectivity index (χ2v) is 7.11. The number of ether oxygens (including phenoxy) is 2. The Balaban J connectivity index is 1.66. The van der Waals surface area contributed by atoms with Gasteiger partial charge in [-0.3, -0.25) is 9.78 Å². The fraction of sp³-hybridized carbons (Fsp3) is 0.208. The maximum absolute atomic E-state index is 12.6. The first-order valence-electron chi connectivity index (χ1n) is 9.69. The van der Waals surface area contributed by atoms with E-state index < -0.39 is 18.5 Å². The number of pyridine rings is 1. The molecule has 1 amide bonds. The zero-order valence-corrected chi connectivity index (χ0v) is 17.2. The Hall–Kier alpha value is -3.67. The fourth-order valence-corrected chi connectivity index (χ4v) is 2.99. The van der Waals surface area contributed by atoms with Gasteiger partial charge in [0.05, 0.1) is 6.20 Å². The average molecular weight is 404 g/mol. The van der Waals surface area contributed by atoms with Gasteiger partial charge in [-0.2, -0.15) is 0 Å². The third-order valence-electron chi connectivity index (χ3n) is 4.49. The number of nitrogens with one attached hydrogen (secondary N) is 1. The SMILES string of the molecule is Cc1cccc(C(C)C)c1NC(=O)COC(=O)c1ccccc1Oc1cccnc1. The second kappa shape index (κ2) is 9.69. The van der Waals surface area contributed by atoms with Gasteiger partial charge >= 0.3 is 5.97 Å². The zero-order chi connectivity index (χ0) is 21.5. The Morgan fingerprint density at radius 1 is 1.03 bits per heavy atom. The van der Waals surface area contributed by atoms with Crippen molar-refractivity contribution in [2.45, 2.75) is 26.7 Å². The quantitative estimate of drug-likeness (QED) is 0.554. The molecule has 0 atom stereocenters. The summed E-state index contributed by atoms with van der Waals surface area (Å²) < 4.78 is 11.0. The summed E-state index contributed by atoms with van der Waals surface area (Å²) in [4.78, 5) is 29.0. The third-order valence-corrected chi connectivity index (χ3v) is 4.49. The van der Waals surface area contributed by atoms with Crippen LogP contribution in [0, 0.1) is 6.92 Å². The van der Waals surface area contributed by atoms with Crippen molar-refractivity contribution in [3.63, 3.8) is 0 Å². The first-order valence-corrected chi connectivity index (χ1v) is 9.69. The van der Waals surface area contributed by atoms with Gasteiger partial charge in [0.25, 0.3) is 5.91 Å². The third kappa shape index (κ3) is 5.23. The molecule has 0 fully saturated rings. The Kier molecular flexibility index (Phi) is 6.80. The van der Waals surface area contributed by atoms with Crippen LogP contribution in [0.15, 0.2) is 67.0 Å². The largest absolute Gasteiger partial charge is 0.455 e. The van der Waals surface area contributed by atoms with Gasteiger partial charge in [-0.1, -0.05) is 44.2 Å².